The van der Waals surface area contributed by atoms with E-state index in [9.17, 15) is 5.11 Å². The molecule has 2 aromatic heterocycles. The van der Waals surface area contributed by atoms with Gasteiger partial charge < -0.3 is 20.3 Å². The number of phenols is 1. The van der Waals surface area contributed by atoms with Gasteiger partial charge in [0.1, 0.15) is 11.6 Å². The first kappa shape index (κ1) is 16.7. The highest BCUT2D eigenvalue weighted by Crippen LogP contribution is 2.37. The van der Waals surface area contributed by atoms with Gasteiger partial charge in [-0.1, -0.05) is 12.1 Å². The zero-order chi connectivity index (χ0) is 18.3. The molecule has 0 amide bonds. The molecule has 3 N–H and O–H groups in total. The van der Waals surface area contributed by atoms with Crippen LogP contribution in [0.2, 0.25) is 0 Å². The molecule has 2 aromatic carbocycles. The molecule has 0 spiro atoms. The van der Waals surface area contributed by atoms with Crippen LogP contribution in [0, 0.1) is 6.92 Å². The first-order valence-corrected chi connectivity index (χ1v) is 8.96. The summed E-state index contributed by atoms with van der Waals surface area (Å²) in [6.07, 6.45) is 2.96. The number of phenolic OH excluding ortho intramolecular Hbond substituents is 1. The number of aromatic amines is 1. The molecule has 0 atom stereocenters. The van der Waals surface area contributed by atoms with Gasteiger partial charge in [-0.25, -0.2) is 4.98 Å². The molecule has 4 aromatic rings. The molecule has 134 valence electrons. The highest BCUT2D eigenvalue weighted by atomic mass is 16.3. The lowest BCUT2D eigenvalue weighted by atomic mass is 10.0. The predicted molar refractivity (Wildman–Crippen MR) is 109 cm³/mol. The van der Waals surface area contributed by atoms with Crippen molar-refractivity contribution in [1.29, 1.82) is 0 Å². The minimum Gasteiger partial charge on any atom is -0.508 e. The van der Waals surface area contributed by atoms with Crippen LogP contribution < -0.4 is 5.32 Å². The molecule has 4 rings (SSSR count). The van der Waals surface area contributed by atoms with Crippen LogP contribution in [-0.2, 0) is 0 Å². The number of fused-ring (bicyclic) bond motifs is 5. The van der Waals surface area contributed by atoms with Crippen LogP contribution in [-0.4, -0.2) is 47.2 Å². The second-order valence-corrected chi connectivity index (χ2v) is 7.14. The van der Waals surface area contributed by atoms with Gasteiger partial charge in [0, 0.05) is 23.6 Å². The Balaban J connectivity index is 1.91. The van der Waals surface area contributed by atoms with Crippen LogP contribution in [0.1, 0.15) is 12.0 Å². The normalized spacial score (nSPS) is 11.8. The number of hydrogen-bond donors (Lipinski definition) is 3. The summed E-state index contributed by atoms with van der Waals surface area (Å²) in [5.74, 6) is 1.17. The van der Waals surface area contributed by atoms with E-state index in [1.54, 1.807) is 6.07 Å². The summed E-state index contributed by atoms with van der Waals surface area (Å²) >= 11 is 0. The maximum atomic E-state index is 10.0. The van der Waals surface area contributed by atoms with Gasteiger partial charge in [0.15, 0.2) is 0 Å². The average Bonchev–Trinajstić information content (AvgIpc) is 3.01. The fourth-order valence-corrected chi connectivity index (χ4v) is 3.56. The Labute approximate surface area is 152 Å². The maximum absolute atomic E-state index is 10.0. The third-order valence-electron chi connectivity index (χ3n) is 4.86. The van der Waals surface area contributed by atoms with E-state index in [0.29, 0.717) is 0 Å². The molecule has 0 saturated carbocycles. The smallest absolute Gasteiger partial charge is 0.136 e. The number of pyridine rings is 1. The van der Waals surface area contributed by atoms with E-state index in [4.69, 9.17) is 0 Å². The number of anilines is 1. The van der Waals surface area contributed by atoms with Crippen LogP contribution in [0.5, 0.6) is 5.75 Å². The summed E-state index contributed by atoms with van der Waals surface area (Å²) in [7, 11) is 4.17. The number of aryl methyl sites for hydroxylation is 1. The number of nitrogens with zero attached hydrogens (tertiary/aromatic N) is 2. The van der Waals surface area contributed by atoms with Gasteiger partial charge in [0.25, 0.3) is 0 Å². The number of rotatable bonds is 5. The molecule has 5 nitrogen and oxygen atoms in total. The zero-order valence-corrected chi connectivity index (χ0v) is 15.4. The van der Waals surface area contributed by atoms with Crippen molar-refractivity contribution in [3.05, 3.63) is 42.1 Å². The first-order chi connectivity index (χ1) is 12.5. The quantitative estimate of drug-likeness (QED) is 0.472. The van der Waals surface area contributed by atoms with Gasteiger partial charge in [0.2, 0.25) is 0 Å². The van der Waals surface area contributed by atoms with E-state index in [1.807, 2.05) is 18.3 Å². The van der Waals surface area contributed by atoms with Gasteiger partial charge >= 0.3 is 0 Å². The summed E-state index contributed by atoms with van der Waals surface area (Å²) in [5.41, 5.74) is 3.27. The monoisotopic (exact) mass is 348 g/mol. The summed E-state index contributed by atoms with van der Waals surface area (Å²) in [5, 5.41) is 17.9. The molecule has 0 aliphatic carbocycles. The van der Waals surface area contributed by atoms with Crippen molar-refractivity contribution in [3.63, 3.8) is 0 Å². The van der Waals surface area contributed by atoms with Gasteiger partial charge in [-0.05, 0) is 68.5 Å². The molecular weight excluding hydrogens is 324 g/mol. The van der Waals surface area contributed by atoms with E-state index in [-0.39, 0.29) is 5.75 Å². The molecule has 0 bridgehead atoms. The molecule has 0 unspecified atom stereocenters. The number of hydrogen-bond acceptors (Lipinski definition) is 4. The molecular formula is C21H24N4O. The Morgan fingerprint density at radius 3 is 2.77 bits per heavy atom. The maximum Gasteiger partial charge on any atom is 0.136 e. The highest BCUT2D eigenvalue weighted by Gasteiger charge is 2.15. The van der Waals surface area contributed by atoms with E-state index < -0.39 is 0 Å². The third-order valence-corrected chi connectivity index (χ3v) is 4.86. The second-order valence-electron chi connectivity index (χ2n) is 7.14. The number of H-pyrrole nitrogens is 1. The van der Waals surface area contributed by atoms with Crippen molar-refractivity contribution in [2.45, 2.75) is 13.3 Å². The minimum absolute atomic E-state index is 0.278. The van der Waals surface area contributed by atoms with Crippen LogP contribution in [0.4, 0.5) is 5.82 Å². The topological polar surface area (TPSA) is 64.2 Å². The zero-order valence-electron chi connectivity index (χ0n) is 15.4. The van der Waals surface area contributed by atoms with Crippen molar-refractivity contribution in [1.82, 2.24) is 14.9 Å². The van der Waals surface area contributed by atoms with Crippen molar-refractivity contribution >= 4 is 38.4 Å². The number of nitrogens with one attached hydrogen (secondary N) is 2. The molecule has 0 fully saturated rings. The number of benzene rings is 2. The largest absolute Gasteiger partial charge is 0.508 e. The summed E-state index contributed by atoms with van der Waals surface area (Å²) in [6, 6.07) is 9.70. The molecule has 0 radical (unpaired) electrons. The highest BCUT2D eigenvalue weighted by molar-refractivity contribution is 6.23. The Morgan fingerprint density at radius 2 is 1.96 bits per heavy atom. The standard InChI is InChI=1S/C21H24N4O/c1-13-12-23-21(22-9-4-10-25(2)3)19-18-16-11-15(26)7-5-14(16)6-8-17(18)24-20(13)19/h5-8,11-12,24,26H,4,9-10H2,1-3H3,(H,22,23). The van der Waals surface area contributed by atoms with E-state index in [1.165, 1.54) is 0 Å². The molecule has 2 heterocycles. The lowest BCUT2D eigenvalue weighted by molar-refractivity contribution is 0.405. The third kappa shape index (κ3) is 2.84. The Hall–Kier alpha value is -2.79. The summed E-state index contributed by atoms with van der Waals surface area (Å²) in [4.78, 5) is 10.4. The second kappa shape index (κ2) is 6.50. The average molecular weight is 348 g/mol. The van der Waals surface area contributed by atoms with Crippen molar-refractivity contribution in [2.24, 2.45) is 0 Å². The Kier molecular flexibility index (Phi) is 4.17. The van der Waals surface area contributed by atoms with Gasteiger partial charge in [-0.2, -0.15) is 0 Å². The summed E-state index contributed by atoms with van der Waals surface area (Å²) < 4.78 is 0. The van der Waals surface area contributed by atoms with Gasteiger partial charge in [-0.3, -0.25) is 0 Å². The van der Waals surface area contributed by atoms with Crippen LogP contribution in [0.25, 0.3) is 32.6 Å². The predicted octanol–water partition coefficient (Wildman–Crippen LogP) is 4.25. The van der Waals surface area contributed by atoms with E-state index in [0.717, 1.165) is 63.5 Å². The molecule has 0 saturated heterocycles. The Morgan fingerprint density at radius 1 is 1.15 bits per heavy atom. The lowest BCUT2D eigenvalue weighted by Gasteiger charge is -2.12. The van der Waals surface area contributed by atoms with Crippen LogP contribution in [0.15, 0.2) is 36.5 Å². The Bertz CT molecular complexity index is 1100. The van der Waals surface area contributed by atoms with Crippen molar-refractivity contribution in [3.8, 4) is 5.75 Å². The van der Waals surface area contributed by atoms with Crippen molar-refractivity contribution < 1.29 is 5.11 Å². The number of aromatic hydroxyl groups is 1. The fraction of sp³-hybridized carbons (Fsp3) is 0.286. The fourth-order valence-electron chi connectivity index (χ4n) is 3.56. The van der Waals surface area contributed by atoms with Crippen molar-refractivity contribution in [2.75, 3.05) is 32.5 Å². The lowest BCUT2D eigenvalue weighted by Crippen LogP contribution is -2.16. The van der Waals surface area contributed by atoms with Gasteiger partial charge in [0.05, 0.1) is 10.9 Å². The number of aromatic nitrogens is 2. The van der Waals surface area contributed by atoms with E-state index in [2.05, 4.69) is 53.3 Å². The van der Waals surface area contributed by atoms with E-state index >= 15 is 0 Å². The first-order valence-electron chi connectivity index (χ1n) is 8.96. The summed E-state index contributed by atoms with van der Waals surface area (Å²) in [6.45, 7) is 3.97. The molecule has 26 heavy (non-hydrogen) atoms. The van der Waals surface area contributed by atoms with Crippen LogP contribution >= 0.6 is 0 Å². The SMILES string of the molecule is Cc1cnc(NCCCN(C)C)c2c1[nH]c1ccc3ccc(O)cc3c12. The molecule has 0 aliphatic rings. The molecule has 5 heteroatoms. The molecule has 0 aliphatic heterocycles. The minimum atomic E-state index is 0.278. The van der Waals surface area contributed by atoms with Crippen LogP contribution in [0.3, 0.4) is 0 Å². The van der Waals surface area contributed by atoms with Gasteiger partial charge in [-0.15, -0.1) is 0 Å².